The first-order valence-corrected chi connectivity index (χ1v) is 10.2. The number of benzene rings is 2. The van der Waals surface area contributed by atoms with Crippen LogP contribution in [0.4, 0.5) is 5.69 Å². The summed E-state index contributed by atoms with van der Waals surface area (Å²) in [6.07, 6.45) is 0. The van der Waals surface area contributed by atoms with E-state index in [1.54, 1.807) is 24.3 Å². The van der Waals surface area contributed by atoms with Crippen LogP contribution in [0, 0.1) is 13.8 Å². The predicted molar refractivity (Wildman–Crippen MR) is 115 cm³/mol. The Labute approximate surface area is 184 Å². The maximum Gasteiger partial charge on any atom is 0.263 e. The van der Waals surface area contributed by atoms with E-state index in [0.29, 0.717) is 28.8 Å². The van der Waals surface area contributed by atoms with Crippen LogP contribution in [0.1, 0.15) is 17.0 Å². The number of nitrogens with zero attached hydrogens (tertiary/aromatic N) is 5. The highest BCUT2D eigenvalue weighted by molar-refractivity contribution is 6.25. The number of aryl methyl sites for hydroxylation is 2. The van der Waals surface area contributed by atoms with E-state index in [0.717, 1.165) is 16.0 Å². The Morgan fingerprint density at radius 3 is 2.59 bits per heavy atom. The van der Waals surface area contributed by atoms with E-state index in [9.17, 15) is 9.59 Å². The Balaban J connectivity index is 1.39. The highest BCUT2D eigenvalue weighted by Crippen LogP contribution is 2.34. The molecule has 2 amide bonds. The molecule has 0 N–H and O–H groups in total. The van der Waals surface area contributed by atoms with Crippen molar-refractivity contribution in [3.05, 3.63) is 65.5 Å². The van der Waals surface area contributed by atoms with Crippen molar-refractivity contribution in [2.45, 2.75) is 32.5 Å². The fourth-order valence-corrected chi connectivity index (χ4v) is 3.91. The molecule has 1 aromatic heterocycles. The number of amides is 2. The van der Waals surface area contributed by atoms with Gasteiger partial charge in [-0.25, -0.2) is 9.88 Å². The van der Waals surface area contributed by atoms with Crippen molar-refractivity contribution >= 4 is 17.5 Å². The van der Waals surface area contributed by atoms with E-state index in [2.05, 4.69) is 15.3 Å². The van der Waals surface area contributed by atoms with Crippen molar-refractivity contribution in [2.75, 3.05) is 12.0 Å². The van der Waals surface area contributed by atoms with Crippen LogP contribution in [0.3, 0.4) is 0 Å². The number of oxazole rings is 1. The molecule has 1 saturated heterocycles. The fourth-order valence-electron chi connectivity index (χ4n) is 3.91. The van der Waals surface area contributed by atoms with Gasteiger partial charge in [-0.15, -0.1) is 0 Å². The molecule has 32 heavy (non-hydrogen) atoms. The van der Waals surface area contributed by atoms with E-state index in [1.807, 2.05) is 38.1 Å². The Kier molecular flexibility index (Phi) is 4.73. The molecule has 5 rings (SSSR count). The monoisotopic (exact) mass is 431 g/mol. The third kappa shape index (κ3) is 3.22. The summed E-state index contributed by atoms with van der Waals surface area (Å²) in [7, 11) is 1.53. The Hall–Kier alpha value is -4.01. The molecule has 3 aromatic rings. The van der Waals surface area contributed by atoms with E-state index in [4.69, 9.17) is 9.15 Å². The molecule has 2 atom stereocenters. The Morgan fingerprint density at radius 1 is 1.06 bits per heavy atom. The topological polar surface area (TPSA) is 101 Å². The molecular formula is C23H21N5O4. The molecule has 2 aliphatic heterocycles. The zero-order valence-electron chi connectivity index (χ0n) is 17.8. The predicted octanol–water partition coefficient (Wildman–Crippen LogP) is 3.46. The summed E-state index contributed by atoms with van der Waals surface area (Å²) in [6, 6.07) is 13.0. The van der Waals surface area contributed by atoms with E-state index in [-0.39, 0.29) is 12.5 Å². The van der Waals surface area contributed by atoms with Gasteiger partial charge in [-0.1, -0.05) is 29.0 Å². The SMILES string of the molecule is COc1cccc(N2C(=O)[C@H]3N=NN(Cc4nc(-c5ccc(C)cc5)oc4C)[C@H]3C2=O)c1. The van der Waals surface area contributed by atoms with Gasteiger partial charge in [0, 0.05) is 11.6 Å². The van der Waals surface area contributed by atoms with Gasteiger partial charge in [-0.2, -0.15) is 5.11 Å². The standard InChI is InChI=1S/C23H21N5O4/c1-13-7-9-15(10-8-13)21-24-18(14(2)32-21)12-27-20-19(25-26-27)22(29)28(23(20)30)16-5-4-6-17(11-16)31-3/h4-11,19-20H,12H2,1-3H3/t19-,20+/m0/s1. The molecule has 9 heteroatoms. The number of hydrogen-bond donors (Lipinski definition) is 0. The van der Waals surface area contributed by atoms with Crippen molar-refractivity contribution in [3.63, 3.8) is 0 Å². The largest absolute Gasteiger partial charge is 0.497 e. The molecule has 0 bridgehead atoms. The highest BCUT2D eigenvalue weighted by Gasteiger charge is 2.55. The molecule has 2 aliphatic rings. The van der Waals surface area contributed by atoms with Crippen molar-refractivity contribution in [2.24, 2.45) is 10.3 Å². The van der Waals surface area contributed by atoms with Gasteiger partial charge >= 0.3 is 0 Å². The van der Waals surface area contributed by atoms with Crippen LogP contribution in [-0.4, -0.2) is 41.0 Å². The van der Waals surface area contributed by atoms with Crippen LogP contribution in [0.2, 0.25) is 0 Å². The van der Waals surface area contributed by atoms with Crippen molar-refractivity contribution in [1.82, 2.24) is 9.99 Å². The quantitative estimate of drug-likeness (QED) is 0.574. The Bertz CT molecular complexity index is 1230. The Morgan fingerprint density at radius 2 is 1.84 bits per heavy atom. The molecular weight excluding hydrogens is 410 g/mol. The molecule has 0 unspecified atom stereocenters. The summed E-state index contributed by atoms with van der Waals surface area (Å²) >= 11 is 0. The van der Waals surface area contributed by atoms with Crippen LogP contribution in [0.15, 0.2) is 63.3 Å². The molecule has 1 fully saturated rings. The summed E-state index contributed by atoms with van der Waals surface area (Å²) in [5.74, 6) is 0.896. The first kappa shape index (κ1) is 19.9. The van der Waals surface area contributed by atoms with Gasteiger partial charge in [-0.3, -0.25) is 14.6 Å². The summed E-state index contributed by atoms with van der Waals surface area (Å²) in [6.45, 7) is 4.03. The molecule has 0 saturated carbocycles. The van der Waals surface area contributed by atoms with Gasteiger partial charge < -0.3 is 9.15 Å². The number of hydrogen-bond acceptors (Lipinski definition) is 8. The number of carbonyl (C=O) groups is 2. The summed E-state index contributed by atoms with van der Waals surface area (Å²) in [4.78, 5) is 31.9. The molecule has 9 nitrogen and oxygen atoms in total. The van der Waals surface area contributed by atoms with Crippen molar-refractivity contribution in [3.8, 4) is 17.2 Å². The lowest BCUT2D eigenvalue weighted by Crippen LogP contribution is -2.39. The third-order valence-electron chi connectivity index (χ3n) is 5.67. The van der Waals surface area contributed by atoms with Gasteiger partial charge in [0.25, 0.3) is 11.8 Å². The molecule has 0 aliphatic carbocycles. The fraction of sp³-hybridized carbons (Fsp3) is 0.261. The molecule has 162 valence electrons. The summed E-state index contributed by atoms with van der Waals surface area (Å²) in [5, 5.41) is 9.68. The lowest BCUT2D eigenvalue weighted by atomic mass is 10.1. The lowest BCUT2D eigenvalue weighted by Gasteiger charge is -2.20. The molecule has 2 aromatic carbocycles. The molecule has 0 radical (unpaired) electrons. The smallest absolute Gasteiger partial charge is 0.263 e. The van der Waals surface area contributed by atoms with E-state index < -0.39 is 18.0 Å². The summed E-state index contributed by atoms with van der Waals surface area (Å²) in [5.41, 5.74) is 3.09. The number of methoxy groups -OCH3 is 1. The zero-order valence-corrected chi connectivity index (χ0v) is 17.8. The second kappa shape index (κ2) is 7.60. The molecule has 3 heterocycles. The number of rotatable bonds is 5. The van der Waals surface area contributed by atoms with Gasteiger partial charge in [0.2, 0.25) is 5.89 Å². The number of carbonyl (C=O) groups excluding carboxylic acids is 2. The second-order valence-corrected chi connectivity index (χ2v) is 7.79. The average Bonchev–Trinajstić information content (AvgIpc) is 3.44. The third-order valence-corrected chi connectivity index (χ3v) is 5.67. The number of imide groups is 1. The first-order chi connectivity index (χ1) is 15.5. The zero-order chi connectivity index (χ0) is 22.4. The summed E-state index contributed by atoms with van der Waals surface area (Å²) < 4.78 is 11.1. The lowest BCUT2D eigenvalue weighted by molar-refractivity contribution is -0.123. The molecule has 0 spiro atoms. The van der Waals surface area contributed by atoms with Crippen molar-refractivity contribution in [1.29, 1.82) is 0 Å². The number of ether oxygens (including phenoxy) is 1. The van der Waals surface area contributed by atoms with Crippen LogP contribution < -0.4 is 9.64 Å². The number of fused-ring (bicyclic) bond motifs is 1. The average molecular weight is 431 g/mol. The van der Waals surface area contributed by atoms with Crippen LogP contribution in [0.25, 0.3) is 11.5 Å². The second-order valence-electron chi connectivity index (χ2n) is 7.79. The minimum Gasteiger partial charge on any atom is -0.497 e. The van der Waals surface area contributed by atoms with Gasteiger partial charge in [0.15, 0.2) is 12.1 Å². The van der Waals surface area contributed by atoms with Crippen LogP contribution in [0.5, 0.6) is 5.75 Å². The first-order valence-electron chi connectivity index (χ1n) is 10.2. The normalized spacial score (nSPS) is 19.7. The van der Waals surface area contributed by atoms with E-state index >= 15 is 0 Å². The van der Waals surface area contributed by atoms with Gasteiger partial charge in [0.1, 0.15) is 17.2 Å². The van der Waals surface area contributed by atoms with Gasteiger partial charge in [0.05, 0.1) is 19.3 Å². The van der Waals surface area contributed by atoms with Crippen LogP contribution >= 0.6 is 0 Å². The van der Waals surface area contributed by atoms with E-state index in [1.165, 1.54) is 12.1 Å². The van der Waals surface area contributed by atoms with Gasteiger partial charge in [-0.05, 0) is 38.1 Å². The minimum absolute atomic E-state index is 0.205. The minimum atomic E-state index is -0.877. The number of aromatic nitrogens is 1. The highest BCUT2D eigenvalue weighted by atomic mass is 16.5. The van der Waals surface area contributed by atoms with Crippen molar-refractivity contribution < 1.29 is 18.7 Å². The van der Waals surface area contributed by atoms with Crippen LogP contribution in [-0.2, 0) is 16.1 Å². The maximum absolute atomic E-state index is 13.2. The maximum atomic E-state index is 13.2. The number of anilines is 1.